The van der Waals surface area contributed by atoms with Gasteiger partial charge in [-0.2, -0.15) is 0 Å². The maximum absolute atomic E-state index is 11.5. The van der Waals surface area contributed by atoms with Crippen molar-refractivity contribution in [2.75, 3.05) is 26.8 Å². The monoisotopic (exact) mass is 314 g/mol. The van der Waals surface area contributed by atoms with E-state index in [0.29, 0.717) is 43.3 Å². The number of benzene rings is 1. The summed E-state index contributed by atoms with van der Waals surface area (Å²) in [6.45, 7) is 1.10. The molecule has 2 N–H and O–H groups in total. The van der Waals surface area contributed by atoms with Gasteiger partial charge in [0.25, 0.3) is 0 Å². The number of para-hydroxylation sites is 1. The number of ether oxygens (including phenoxy) is 2. The summed E-state index contributed by atoms with van der Waals surface area (Å²) < 4.78 is 9.87. The zero-order valence-corrected chi connectivity index (χ0v) is 12.6. The smallest absolute Gasteiger partial charge is 0.406 e. The second-order valence-electron chi connectivity index (χ2n) is 4.15. The summed E-state index contributed by atoms with van der Waals surface area (Å²) in [5.41, 5.74) is 0. The maximum Gasteiger partial charge on any atom is 0.406 e. The fourth-order valence-corrected chi connectivity index (χ4v) is 1.69. The average molecular weight is 315 g/mol. The van der Waals surface area contributed by atoms with Crippen molar-refractivity contribution < 1.29 is 19.1 Å². The van der Waals surface area contributed by atoms with Crippen LogP contribution in [0.5, 0.6) is 5.75 Å². The molecule has 1 rings (SSSR count). The second kappa shape index (κ2) is 9.88. The second-order valence-corrected chi connectivity index (χ2v) is 4.56. The zero-order chi connectivity index (χ0) is 15.5. The highest BCUT2D eigenvalue weighted by molar-refractivity contribution is 6.32. The Hall–Kier alpha value is -1.95. The van der Waals surface area contributed by atoms with E-state index in [1.54, 1.807) is 12.1 Å². The van der Waals surface area contributed by atoms with E-state index in [-0.39, 0.29) is 5.91 Å². The van der Waals surface area contributed by atoms with Gasteiger partial charge in [-0.1, -0.05) is 23.7 Å². The predicted molar refractivity (Wildman–Crippen MR) is 79.6 cm³/mol. The van der Waals surface area contributed by atoms with E-state index < -0.39 is 6.09 Å². The first-order valence-electron chi connectivity index (χ1n) is 6.59. The van der Waals surface area contributed by atoms with Gasteiger partial charge in [0.05, 0.1) is 18.7 Å². The Kier molecular flexibility index (Phi) is 8.04. The van der Waals surface area contributed by atoms with Gasteiger partial charge in [-0.05, 0) is 18.6 Å². The Balaban J connectivity index is 2.06. The molecule has 116 valence electrons. The van der Waals surface area contributed by atoms with Crippen molar-refractivity contribution >= 4 is 23.6 Å². The highest BCUT2D eigenvalue weighted by Gasteiger charge is 2.03. The van der Waals surface area contributed by atoms with Crippen LogP contribution in [0.2, 0.25) is 5.02 Å². The molecule has 6 nitrogen and oxygen atoms in total. The first-order chi connectivity index (χ1) is 10.1. The third kappa shape index (κ3) is 7.41. The Morgan fingerprint density at radius 1 is 1.19 bits per heavy atom. The summed E-state index contributed by atoms with van der Waals surface area (Å²) in [7, 11) is 1.28. The van der Waals surface area contributed by atoms with Gasteiger partial charge in [-0.3, -0.25) is 4.79 Å². The molecule has 0 heterocycles. The van der Waals surface area contributed by atoms with Crippen LogP contribution < -0.4 is 15.4 Å². The van der Waals surface area contributed by atoms with Crippen molar-refractivity contribution in [1.82, 2.24) is 10.6 Å². The molecule has 0 aliphatic rings. The molecule has 0 unspecified atom stereocenters. The number of alkyl carbamates (subject to hydrolysis) is 1. The Morgan fingerprint density at radius 2 is 1.90 bits per heavy atom. The van der Waals surface area contributed by atoms with Crippen molar-refractivity contribution in [1.29, 1.82) is 0 Å². The molecule has 0 saturated heterocycles. The van der Waals surface area contributed by atoms with Gasteiger partial charge in [0, 0.05) is 19.5 Å². The lowest BCUT2D eigenvalue weighted by atomic mass is 10.3. The highest BCUT2D eigenvalue weighted by Crippen LogP contribution is 2.23. The van der Waals surface area contributed by atoms with Crippen LogP contribution in [-0.4, -0.2) is 38.8 Å². The topological polar surface area (TPSA) is 76.7 Å². The number of nitrogens with one attached hydrogen (secondary N) is 2. The quantitative estimate of drug-likeness (QED) is 0.719. The minimum Gasteiger partial charge on any atom is -0.492 e. The van der Waals surface area contributed by atoms with E-state index in [1.165, 1.54) is 7.11 Å². The van der Waals surface area contributed by atoms with E-state index >= 15 is 0 Å². The minimum absolute atomic E-state index is 0.0931. The first kappa shape index (κ1) is 17.1. The van der Waals surface area contributed by atoms with E-state index in [2.05, 4.69) is 15.4 Å². The number of amides is 2. The Bertz CT molecular complexity index is 468. The highest BCUT2D eigenvalue weighted by atomic mass is 35.5. The van der Waals surface area contributed by atoms with Crippen molar-refractivity contribution in [2.45, 2.75) is 12.8 Å². The number of hydrogen-bond acceptors (Lipinski definition) is 4. The molecule has 0 fully saturated rings. The summed E-state index contributed by atoms with van der Waals surface area (Å²) >= 11 is 5.94. The molecule has 7 heteroatoms. The molecule has 0 atom stereocenters. The van der Waals surface area contributed by atoms with Crippen LogP contribution in [0.15, 0.2) is 24.3 Å². The molecule has 0 bridgehead atoms. The van der Waals surface area contributed by atoms with Crippen LogP contribution in [0.25, 0.3) is 0 Å². The molecule has 0 aromatic heterocycles. The standard InChI is InChI=1S/C14H19ClN2O4/c1-20-14(19)17-9-8-16-13(18)7-4-10-21-12-6-3-2-5-11(12)15/h2-3,5-6H,4,7-10H2,1H3,(H,16,18)(H,17,19). The van der Waals surface area contributed by atoms with Gasteiger partial charge in [0.1, 0.15) is 5.75 Å². The first-order valence-corrected chi connectivity index (χ1v) is 6.97. The molecule has 21 heavy (non-hydrogen) atoms. The van der Waals surface area contributed by atoms with Crippen LogP contribution in [0, 0.1) is 0 Å². The van der Waals surface area contributed by atoms with E-state index in [1.807, 2.05) is 12.1 Å². The number of carbonyl (C=O) groups excluding carboxylic acids is 2. The molecule has 0 spiro atoms. The summed E-state index contributed by atoms with van der Waals surface area (Å²) in [6.07, 6.45) is 0.418. The minimum atomic E-state index is -0.516. The lowest BCUT2D eigenvalue weighted by molar-refractivity contribution is -0.121. The number of carbonyl (C=O) groups is 2. The van der Waals surface area contributed by atoms with Crippen molar-refractivity contribution in [3.05, 3.63) is 29.3 Å². The van der Waals surface area contributed by atoms with Crippen molar-refractivity contribution in [3.63, 3.8) is 0 Å². The molecular weight excluding hydrogens is 296 g/mol. The van der Waals surface area contributed by atoms with Gasteiger partial charge in [0.15, 0.2) is 0 Å². The SMILES string of the molecule is COC(=O)NCCNC(=O)CCCOc1ccccc1Cl. The van der Waals surface area contributed by atoms with E-state index in [9.17, 15) is 9.59 Å². The largest absolute Gasteiger partial charge is 0.492 e. The third-order valence-electron chi connectivity index (χ3n) is 2.54. The van der Waals surface area contributed by atoms with Gasteiger partial charge in [-0.15, -0.1) is 0 Å². The normalized spacial score (nSPS) is 9.81. The van der Waals surface area contributed by atoms with Crippen molar-refractivity contribution in [2.24, 2.45) is 0 Å². The molecule has 0 aliphatic carbocycles. The fourth-order valence-electron chi connectivity index (χ4n) is 1.50. The molecule has 0 saturated carbocycles. The van der Waals surface area contributed by atoms with Gasteiger partial charge in [-0.25, -0.2) is 4.79 Å². The summed E-state index contributed by atoms with van der Waals surface area (Å²) in [5.74, 6) is 0.520. The predicted octanol–water partition coefficient (Wildman–Crippen LogP) is 1.97. The van der Waals surface area contributed by atoms with Gasteiger partial charge < -0.3 is 20.1 Å². The summed E-state index contributed by atoms with van der Waals surface area (Å²) in [4.78, 5) is 22.3. The van der Waals surface area contributed by atoms with Crippen LogP contribution in [0.3, 0.4) is 0 Å². The number of methoxy groups -OCH3 is 1. The van der Waals surface area contributed by atoms with Gasteiger partial charge in [0.2, 0.25) is 5.91 Å². The number of halogens is 1. The number of hydrogen-bond donors (Lipinski definition) is 2. The van der Waals surface area contributed by atoms with E-state index in [0.717, 1.165) is 0 Å². The van der Waals surface area contributed by atoms with Crippen LogP contribution in [0.1, 0.15) is 12.8 Å². The zero-order valence-electron chi connectivity index (χ0n) is 11.9. The van der Waals surface area contributed by atoms with Crippen LogP contribution in [0.4, 0.5) is 4.79 Å². The molecular formula is C14H19ClN2O4. The molecule has 2 amide bonds. The van der Waals surface area contributed by atoms with E-state index in [4.69, 9.17) is 16.3 Å². The molecule has 1 aromatic rings. The van der Waals surface area contributed by atoms with Gasteiger partial charge >= 0.3 is 6.09 Å². The molecule has 0 radical (unpaired) electrons. The Morgan fingerprint density at radius 3 is 2.62 bits per heavy atom. The fraction of sp³-hybridized carbons (Fsp3) is 0.429. The lowest BCUT2D eigenvalue weighted by Crippen LogP contribution is -2.34. The third-order valence-corrected chi connectivity index (χ3v) is 2.86. The lowest BCUT2D eigenvalue weighted by Gasteiger charge is -2.08. The summed E-state index contributed by atoms with van der Waals surface area (Å²) in [6, 6.07) is 7.19. The van der Waals surface area contributed by atoms with Crippen molar-refractivity contribution in [3.8, 4) is 5.75 Å². The number of rotatable bonds is 8. The average Bonchev–Trinajstić information content (AvgIpc) is 2.49. The van der Waals surface area contributed by atoms with Crippen LogP contribution in [-0.2, 0) is 9.53 Å². The maximum atomic E-state index is 11.5. The van der Waals surface area contributed by atoms with Crippen LogP contribution >= 0.6 is 11.6 Å². The summed E-state index contributed by atoms with van der Waals surface area (Å²) in [5, 5.41) is 5.70. The molecule has 0 aliphatic heterocycles. The molecule has 1 aromatic carbocycles. The Labute approximate surface area is 128 Å².